The van der Waals surface area contributed by atoms with Gasteiger partial charge in [-0.3, -0.25) is 0 Å². The van der Waals surface area contributed by atoms with E-state index in [4.69, 9.17) is 0 Å². The summed E-state index contributed by atoms with van der Waals surface area (Å²) in [6.07, 6.45) is 2.75. The Labute approximate surface area is 76.9 Å². The summed E-state index contributed by atoms with van der Waals surface area (Å²) < 4.78 is 2.42. The molecule has 1 aliphatic carbocycles. The normalized spacial score (nSPS) is 21.6. The highest BCUT2D eigenvalue weighted by atomic mass is 127. The molecule has 1 rings (SSSR count). The lowest BCUT2D eigenvalue weighted by atomic mass is 10.3. The van der Waals surface area contributed by atoms with Crippen LogP contribution in [0.25, 0.3) is 0 Å². The summed E-state index contributed by atoms with van der Waals surface area (Å²) in [5.74, 6) is 0. The van der Waals surface area contributed by atoms with Crippen LogP contribution in [0.1, 0.15) is 19.8 Å². The van der Waals surface area contributed by atoms with Gasteiger partial charge in [0, 0.05) is 41.5 Å². The van der Waals surface area contributed by atoms with E-state index in [1.54, 1.807) is 0 Å². The minimum absolute atomic E-state index is 0.539. The van der Waals surface area contributed by atoms with Crippen LogP contribution in [-0.2, 0) is 0 Å². The molecule has 0 aliphatic heterocycles. The second-order valence-electron chi connectivity index (χ2n) is 3.19. The third-order valence-corrected chi connectivity index (χ3v) is 3.76. The summed E-state index contributed by atoms with van der Waals surface area (Å²) >= 11 is 2.43. The number of nitrogens with one attached hydrogen (secondary N) is 1. The SMILES string of the molecule is CNCCN(I)C1(C)CC1. The Bertz CT molecular complexity index is 112. The zero-order valence-electron chi connectivity index (χ0n) is 6.65. The van der Waals surface area contributed by atoms with Gasteiger partial charge in [-0.15, -0.1) is 0 Å². The lowest BCUT2D eigenvalue weighted by Crippen LogP contribution is -2.31. The van der Waals surface area contributed by atoms with Crippen molar-refractivity contribution in [2.24, 2.45) is 0 Å². The molecule has 3 heteroatoms. The maximum absolute atomic E-state index is 3.15. The molecule has 0 aromatic rings. The maximum Gasteiger partial charge on any atom is 0.0279 e. The lowest BCUT2D eigenvalue weighted by molar-refractivity contribution is 0.386. The van der Waals surface area contributed by atoms with Crippen LogP contribution in [0.15, 0.2) is 0 Å². The first-order valence-corrected chi connectivity index (χ1v) is 4.73. The molecule has 60 valence electrons. The molecular weight excluding hydrogens is 239 g/mol. The van der Waals surface area contributed by atoms with E-state index in [1.165, 1.54) is 12.8 Å². The fourth-order valence-electron chi connectivity index (χ4n) is 0.903. The van der Waals surface area contributed by atoms with E-state index in [-0.39, 0.29) is 0 Å². The van der Waals surface area contributed by atoms with E-state index >= 15 is 0 Å². The topological polar surface area (TPSA) is 15.3 Å². The molecule has 0 bridgehead atoms. The Kier molecular flexibility index (Phi) is 2.94. The third kappa shape index (κ3) is 2.07. The second-order valence-corrected chi connectivity index (χ2v) is 4.35. The molecule has 1 aliphatic rings. The summed E-state index contributed by atoms with van der Waals surface area (Å²) in [6, 6.07) is 0. The van der Waals surface area contributed by atoms with E-state index in [1.807, 2.05) is 7.05 Å². The first kappa shape index (κ1) is 8.74. The van der Waals surface area contributed by atoms with Crippen molar-refractivity contribution in [1.29, 1.82) is 0 Å². The fraction of sp³-hybridized carbons (Fsp3) is 1.00. The highest BCUT2D eigenvalue weighted by molar-refractivity contribution is 14.1. The first-order valence-electron chi connectivity index (χ1n) is 3.77. The van der Waals surface area contributed by atoms with Crippen LogP contribution in [0, 0.1) is 0 Å². The fourth-order valence-corrected chi connectivity index (χ4v) is 1.63. The van der Waals surface area contributed by atoms with Crippen molar-refractivity contribution in [3.05, 3.63) is 0 Å². The van der Waals surface area contributed by atoms with Crippen molar-refractivity contribution in [3.63, 3.8) is 0 Å². The molecule has 0 heterocycles. The van der Waals surface area contributed by atoms with Crippen LogP contribution in [0.5, 0.6) is 0 Å². The Morgan fingerprint density at radius 2 is 2.20 bits per heavy atom. The van der Waals surface area contributed by atoms with Crippen molar-refractivity contribution >= 4 is 22.9 Å². The minimum atomic E-state index is 0.539. The van der Waals surface area contributed by atoms with Gasteiger partial charge in [0.15, 0.2) is 0 Å². The Morgan fingerprint density at radius 1 is 1.60 bits per heavy atom. The van der Waals surface area contributed by atoms with Crippen LogP contribution in [0.2, 0.25) is 0 Å². The van der Waals surface area contributed by atoms with Crippen molar-refractivity contribution in [2.75, 3.05) is 20.1 Å². The average Bonchev–Trinajstić information content (AvgIpc) is 2.64. The maximum atomic E-state index is 3.15. The summed E-state index contributed by atoms with van der Waals surface area (Å²) in [7, 11) is 2.00. The van der Waals surface area contributed by atoms with E-state index in [0.717, 1.165) is 13.1 Å². The van der Waals surface area contributed by atoms with Gasteiger partial charge in [0.25, 0.3) is 0 Å². The van der Waals surface area contributed by atoms with Gasteiger partial charge >= 0.3 is 0 Å². The van der Waals surface area contributed by atoms with Gasteiger partial charge < -0.3 is 5.32 Å². The van der Waals surface area contributed by atoms with Crippen LogP contribution in [0.3, 0.4) is 0 Å². The Hall–Kier alpha value is 0.650. The van der Waals surface area contributed by atoms with E-state index in [9.17, 15) is 0 Å². The highest BCUT2D eigenvalue weighted by Crippen LogP contribution is 2.42. The summed E-state index contributed by atoms with van der Waals surface area (Å²) in [5.41, 5.74) is 0.539. The molecule has 1 fully saturated rings. The molecule has 0 aromatic carbocycles. The highest BCUT2D eigenvalue weighted by Gasteiger charge is 2.41. The number of rotatable bonds is 4. The second kappa shape index (κ2) is 3.36. The molecule has 2 nitrogen and oxygen atoms in total. The smallest absolute Gasteiger partial charge is 0.0279 e. The quantitative estimate of drug-likeness (QED) is 0.602. The molecule has 0 saturated heterocycles. The zero-order valence-corrected chi connectivity index (χ0v) is 8.81. The van der Waals surface area contributed by atoms with Gasteiger partial charge in [-0.05, 0) is 26.8 Å². The molecule has 1 N–H and O–H groups in total. The number of nitrogens with zero attached hydrogens (tertiary/aromatic N) is 1. The third-order valence-electron chi connectivity index (χ3n) is 2.12. The van der Waals surface area contributed by atoms with Gasteiger partial charge in [-0.1, -0.05) is 0 Å². The molecule has 0 unspecified atom stereocenters. The molecule has 0 amide bonds. The Balaban J connectivity index is 2.15. The standard InChI is InChI=1S/C7H15IN2/c1-7(3-4-7)10(8)6-5-9-2/h9H,3-6H2,1-2H3. The number of hydrogen-bond acceptors (Lipinski definition) is 2. The van der Waals surface area contributed by atoms with E-state index in [2.05, 4.69) is 38.2 Å². The monoisotopic (exact) mass is 254 g/mol. The minimum Gasteiger partial charge on any atom is -0.318 e. The molecule has 0 spiro atoms. The molecular formula is C7H15IN2. The molecule has 1 saturated carbocycles. The largest absolute Gasteiger partial charge is 0.318 e. The number of hydrogen-bond donors (Lipinski definition) is 1. The molecule has 0 atom stereocenters. The van der Waals surface area contributed by atoms with Crippen molar-refractivity contribution in [1.82, 2.24) is 8.43 Å². The van der Waals surface area contributed by atoms with Crippen molar-refractivity contribution in [2.45, 2.75) is 25.3 Å². The molecule has 10 heavy (non-hydrogen) atoms. The summed E-state index contributed by atoms with van der Waals surface area (Å²) in [4.78, 5) is 0. The average molecular weight is 254 g/mol. The van der Waals surface area contributed by atoms with Crippen LogP contribution < -0.4 is 5.32 Å². The van der Waals surface area contributed by atoms with Gasteiger partial charge in [0.2, 0.25) is 0 Å². The van der Waals surface area contributed by atoms with Crippen molar-refractivity contribution in [3.8, 4) is 0 Å². The van der Waals surface area contributed by atoms with Crippen LogP contribution in [0.4, 0.5) is 0 Å². The lowest BCUT2D eigenvalue weighted by Gasteiger charge is -2.20. The predicted molar refractivity (Wildman–Crippen MR) is 52.3 cm³/mol. The van der Waals surface area contributed by atoms with Crippen LogP contribution >= 0.6 is 22.9 Å². The number of halogens is 1. The van der Waals surface area contributed by atoms with Gasteiger partial charge in [0.05, 0.1) is 0 Å². The van der Waals surface area contributed by atoms with E-state index in [0.29, 0.717) is 5.54 Å². The molecule has 0 aromatic heterocycles. The summed E-state index contributed by atoms with van der Waals surface area (Å²) in [5, 5.41) is 3.15. The van der Waals surface area contributed by atoms with Gasteiger partial charge in [-0.2, -0.15) is 0 Å². The first-order chi connectivity index (χ1) is 4.69. The van der Waals surface area contributed by atoms with Crippen LogP contribution in [-0.4, -0.2) is 28.8 Å². The van der Waals surface area contributed by atoms with Crippen molar-refractivity contribution < 1.29 is 0 Å². The Morgan fingerprint density at radius 3 is 2.60 bits per heavy atom. The van der Waals surface area contributed by atoms with E-state index < -0.39 is 0 Å². The number of likely N-dealkylation sites (N-methyl/N-ethyl adjacent to an activating group) is 1. The molecule has 0 radical (unpaired) electrons. The predicted octanol–water partition coefficient (Wildman–Crippen LogP) is 1.41. The van der Waals surface area contributed by atoms with Gasteiger partial charge in [0.1, 0.15) is 0 Å². The zero-order chi connectivity index (χ0) is 7.61. The van der Waals surface area contributed by atoms with Gasteiger partial charge in [-0.25, -0.2) is 3.11 Å². The summed E-state index contributed by atoms with van der Waals surface area (Å²) in [6.45, 7) is 4.58.